The third kappa shape index (κ3) is 2.80. The van der Waals surface area contributed by atoms with Crippen LogP contribution in [0.25, 0.3) is 0 Å². The van der Waals surface area contributed by atoms with Gasteiger partial charge in [-0.1, -0.05) is 5.16 Å². The summed E-state index contributed by atoms with van der Waals surface area (Å²) in [6.45, 7) is 11.8. The number of aryl methyl sites for hydroxylation is 1. The fourth-order valence-electron chi connectivity index (χ4n) is 4.21. The van der Waals surface area contributed by atoms with Crippen molar-refractivity contribution < 1.29 is 14.0 Å². The van der Waals surface area contributed by atoms with E-state index in [9.17, 15) is 0 Å². The molecular weight excluding hydrogens is 282 g/mol. The van der Waals surface area contributed by atoms with E-state index in [1.165, 1.54) is 0 Å². The molecule has 22 heavy (non-hydrogen) atoms. The van der Waals surface area contributed by atoms with E-state index in [0.29, 0.717) is 5.92 Å². The Morgan fingerprint density at radius 2 is 2.14 bits per heavy atom. The van der Waals surface area contributed by atoms with E-state index in [-0.39, 0.29) is 5.41 Å². The predicted octanol–water partition coefficient (Wildman–Crippen LogP) is 0.764. The first-order valence-electron chi connectivity index (χ1n) is 8.26. The minimum atomic E-state index is 0.288. The molecule has 0 amide bonds. The molecule has 6 heteroatoms. The third-order valence-corrected chi connectivity index (χ3v) is 5.30. The lowest BCUT2D eigenvalue weighted by Crippen LogP contribution is -2.47. The highest BCUT2D eigenvalue weighted by Gasteiger charge is 2.51. The molecule has 2 atom stereocenters. The maximum absolute atomic E-state index is 5.84. The van der Waals surface area contributed by atoms with Crippen LogP contribution in [0.2, 0.25) is 0 Å². The van der Waals surface area contributed by atoms with Crippen molar-refractivity contribution >= 4 is 0 Å². The van der Waals surface area contributed by atoms with Gasteiger partial charge in [0.15, 0.2) is 0 Å². The summed E-state index contributed by atoms with van der Waals surface area (Å²) in [5, 5.41) is 4.14. The second kappa shape index (κ2) is 5.92. The van der Waals surface area contributed by atoms with Gasteiger partial charge in [-0.2, -0.15) is 0 Å². The van der Waals surface area contributed by atoms with Gasteiger partial charge in [0.25, 0.3) is 0 Å². The first-order chi connectivity index (χ1) is 10.7. The van der Waals surface area contributed by atoms with E-state index in [2.05, 4.69) is 15.0 Å². The van der Waals surface area contributed by atoms with Crippen molar-refractivity contribution in [3.05, 3.63) is 17.5 Å². The van der Waals surface area contributed by atoms with Crippen LogP contribution in [0.15, 0.2) is 10.6 Å². The molecule has 1 aromatic heterocycles. The van der Waals surface area contributed by atoms with Crippen LogP contribution in [-0.4, -0.2) is 74.1 Å². The topological polar surface area (TPSA) is 51.0 Å². The van der Waals surface area contributed by atoms with Crippen molar-refractivity contribution in [1.29, 1.82) is 0 Å². The first-order valence-corrected chi connectivity index (χ1v) is 8.26. The van der Waals surface area contributed by atoms with Crippen LogP contribution in [0.1, 0.15) is 11.5 Å². The zero-order valence-electron chi connectivity index (χ0n) is 13.3. The monoisotopic (exact) mass is 307 g/mol. The Kier molecular flexibility index (Phi) is 3.94. The molecular formula is C16H25N3O3. The lowest BCUT2D eigenvalue weighted by molar-refractivity contribution is 0.0102. The molecule has 0 bridgehead atoms. The quantitative estimate of drug-likeness (QED) is 0.819. The van der Waals surface area contributed by atoms with Gasteiger partial charge in [0.05, 0.1) is 32.1 Å². The van der Waals surface area contributed by atoms with Gasteiger partial charge in [0, 0.05) is 56.7 Å². The highest BCUT2D eigenvalue weighted by Crippen LogP contribution is 2.42. The maximum atomic E-state index is 5.84. The highest BCUT2D eigenvalue weighted by molar-refractivity contribution is 5.07. The van der Waals surface area contributed by atoms with Crippen molar-refractivity contribution in [3.8, 4) is 0 Å². The van der Waals surface area contributed by atoms with Crippen LogP contribution in [0.4, 0.5) is 0 Å². The van der Waals surface area contributed by atoms with Crippen LogP contribution < -0.4 is 0 Å². The molecule has 6 nitrogen and oxygen atoms in total. The van der Waals surface area contributed by atoms with E-state index in [0.717, 1.165) is 77.2 Å². The lowest BCUT2D eigenvalue weighted by atomic mass is 9.80. The summed E-state index contributed by atoms with van der Waals surface area (Å²) in [4.78, 5) is 5.07. The van der Waals surface area contributed by atoms with Crippen molar-refractivity contribution in [2.24, 2.45) is 11.3 Å². The number of likely N-dealkylation sites (tertiary alicyclic amines) is 1. The van der Waals surface area contributed by atoms with Gasteiger partial charge in [0.2, 0.25) is 0 Å². The van der Waals surface area contributed by atoms with Crippen LogP contribution in [-0.2, 0) is 16.0 Å². The standard InChI is InChI=1S/C16H25N3O3/c1-13-6-15(17-22-13)8-19-7-14-9-21-12-16(14,11-19)10-18-2-4-20-5-3-18/h6,14H,2-5,7-12H2,1H3/t14-,16+/m0/s1. The Labute approximate surface area is 131 Å². The van der Waals surface area contributed by atoms with E-state index in [1.807, 2.05) is 13.0 Å². The average Bonchev–Trinajstić information content (AvgIpc) is 3.15. The SMILES string of the molecule is Cc1cc(CN2C[C@H]3COC[C@@]3(CN3CCOCC3)C2)no1. The molecule has 0 radical (unpaired) electrons. The molecule has 0 aliphatic carbocycles. The van der Waals surface area contributed by atoms with Crippen molar-refractivity contribution in [2.75, 3.05) is 59.2 Å². The molecule has 4 heterocycles. The van der Waals surface area contributed by atoms with Gasteiger partial charge in [0.1, 0.15) is 5.76 Å². The molecule has 0 N–H and O–H groups in total. The summed E-state index contributed by atoms with van der Waals surface area (Å²) in [7, 11) is 0. The molecule has 0 spiro atoms. The summed E-state index contributed by atoms with van der Waals surface area (Å²) in [6, 6.07) is 2.04. The van der Waals surface area contributed by atoms with Crippen molar-refractivity contribution in [1.82, 2.24) is 15.0 Å². The Bertz CT molecular complexity index is 514. The zero-order valence-corrected chi connectivity index (χ0v) is 13.3. The van der Waals surface area contributed by atoms with Crippen LogP contribution >= 0.6 is 0 Å². The smallest absolute Gasteiger partial charge is 0.133 e. The van der Waals surface area contributed by atoms with Crippen LogP contribution in [0.5, 0.6) is 0 Å². The molecule has 3 saturated heterocycles. The Morgan fingerprint density at radius 3 is 2.91 bits per heavy atom. The Hall–Kier alpha value is -0.950. The van der Waals surface area contributed by atoms with Crippen molar-refractivity contribution in [2.45, 2.75) is 13.5 Å². The van der Waals surface area contributed by atoms with Gasteiger partial charge in [-0.15, -0.1) is 0 Å². The van der Waals surface area contributed by atoms with Crippen molar-refractivity contribution in [3.63, 3.8) is 0 Å². The van der Waals surface area contributed by atoms with Crippen LogP contribution in [0, 0.1) is 18.3 Å². The minimum absolute atomic E-state index is 0.288. The van der Waals surface area contributed by atoms with Gasteiger partial charge in [-0.25, -0.2) is 0 Å². The van der Waals surface area contributed by atoms with E-state index in [1.54, 1.807) is 0 Å². The molecule has 122 valence electrons. The number of morpholine rings is 1. The average molecular weight is 307 g/mol. The maximum Gasteiger partial charge on any atom is 0.133 e. The molecule has 4 rings (SSSR count). The Balaban J connectivity index is 1.42. The van der Waals surface area contributed by atoms with Gasteiger partial charge in [-0.05, 0) is 6.92 Å². The van der Waals surface area contributed by atoms with E-state index < -0.39 is 0 Å². The number of hydrogen-bond donors (Lipinski definition) is 0. The molecule has 0 saturated carbocycles. The van der Waals surface area contributed by atoms with Gasteiger partial charge < -0.3 is 14.0 Å². The number of ether oxygens (including phenoxy) is 2. The highest BCUT2D eigenvalue weighted by atomic mass is 16.5. The molecule has 3 aliphatic heterocycles. The minimum Gasteiger partial charge on any atom is -0.380 e. The van der Waals surface area contributed by atoms with Crippen LogP contribution in [0.3, 0.4) is 0 Å². The lowest BCUT2D eigenvalue weighted by Gasteiger charge is -2.36. The number of fused-ring (bicyclic) bond motifs is 1. The summed E-state index contributed by atoms with van der Waals surface area (Å²) < 4.78 is 16.5. The molecule has 3 fully saturated rings. The number of rotatable bonds is 4. The summed E-state index contributed by atoms with van der Waals surface area (Å²) in [5.41, 5.74) is 1.33. The molecule has 0 unspecified atom stereocenters. The van der Waals surface area contributed by atoms with E-state index >= 15 is 0 Å². The number of nitrogens with zero attached hydrogens (tertiary/aromatic N) is 3. The zero-order chi connectivity index (χ0) is 15.0. The van der Waals surface area contributed by atoms with Gasteiger partial charge in [-0.3, -0.25) is 9.80 Å². The molecule has 3 aliphatic rings. The first kappa shape index (κ1) is 14.6. The summed E-state index contributed by atoms with van der Waals surface area (Å²) in [5.74, 6) is 1.53. The van der Waals surface area contributed by atoms with Gasteiger partial charge >= 0.3 is 0 Å². The number of hydrogen-bond acceptors (Lipinski definition) is 6. The third-order valence-electron chi connectivity index (χ3n) is 5.30. The van der Waals surface area contributed by atoms with E-state index in [4.69, 9.17) is 14.0 Å². The fraction of sp³-hybridized carbons (Fsp3) is 0.812. The fourth-order valence-corrected chi connectivity index (χ4v) is 4.21. The second-order valence-corrected chi connectivity index (χ2v) is 7.06. The summed E-state index contributed by atoms with van der Waals surface area (Å²) >= 11 is 0. The molecule has 0 aromatic carbocycles. The second-order valence-electron chi connectivity index (χ2n) is 7.06. The Morgan fingerprint density at radius 1 is 1.27 bits per heavy atom. The summed E-state index contributed by atoms with van der Waals surface area (Å²) in [6.07, 6.45) is 0. The number of aromatic nitrogens is 1. The normalized spacial score (nSPS) is 33.4. The predicted molar refractivity (Wildman–Crippen MR) is 80.5 cm³/mol. The largest absolute Gasteiger partial charge is 0.380 e. The molecule has 1 aromatic rings.